The van der Waals surface area contributed by atoms with Crippen molar-refractivity contribution in [3.8, 4) is 0 Å². The molecule has 7 heteroatoms. The van der Waals surface area contributed by atoms with Crippen LogP contribution in [0.4, 0.5) is 0 Å². The molecular formula is C17H17N5OS. The summed E-state index contributed by atoms with van der Waals surface area (Å²) in [6, 6.07) is 9.18. The van der Waals surface area contributed by atoms with Gasteiger partial charge in [0.05, 0.1) is 11.9 Å². The number of benzene rings is 1. The molecule has 1 amide bonds. The molecule has 3 heterocycles. The van der Waals surface area contributed by atoms with Crippen molar-refractivity contribution in [3.05, 3.63) is 60.2 Å². The maximum absolute atomic E-state index is 12.4. The molecule has 4 rings (SSSR count). The monoisotopic (exact) mass is 339 g/mol. The zero-order valence-corrected chi connectivity index (χ0v) is 13.8. The van der Waals surface area contributed by atoms with Gasteiger partial charge in [0.1, 0.15) is 5.54 Å². The maximum Gasteiger partial charge on any atom is 0.257 e. The molecule has 0 aliphatic carbocycles. The Morgan fingerprint density at radius 2 is 2.17 bits per heavy atom. The molecule has 24 heavy (non-hydrogen) atoms. The third-order valence-electron chi connectivity index (χ3n) is 4.45. The number of carbonyl (C=O) groups excluding carboxylic acids is 1. The Balaban J connectivity index is 1.64. The van der Waals surface area contributed by atoms with E-state index in [1.807, 2.05) is 18.2 Å². The van der Waals surface area contributed by atoms with E-state index >= 15 is 0 Å². The molecule has 1 fully saturated rings. The van der Waals surface area contributed by atoms with Crippen molar-refractivity contribution in [1.29, 1.82) is 0 Å². The fourth-order valence-corrected chi connectivity index (χ4v) is 4.32. The Labute approximate surface area is 144 Å². The first-order chi connectivity index (χ1) is 11.8. The number of rotatable bonds is 2. The Bertz CT molecular complexity index is 767. The highest BCUT2D eigenvalue weighted by atomic mass is 32.2. The zero-order valence-electron chi connectivity index (χ0n) is 13.0. The second-order valence-corrected chi connectivity index (χ2v) is 6.90. The second-order valence-electron chi connectivity index (χ2n) is 5.89. The second kappa shape index (κ2) is 6.33. The van der Waals surface area contributed by atoms with Crippen LogP contribution in [-0.4, -0.2) is 39.9 Å². The van der Waals surface area contributed by atoms with Gasteiger partial charge in [-0.1, -0.05) is 30.0 Å². The van der Waals surface area contributed by atoms with Gasteiger partial charge in [0, 0.05) is 42.7 Å². The molecule has 122 valence electrons. The normalized spacial score (nSPS) is 25.7. The van der Waals surface area contributed by atoms with Crippen molar-refractivity contribution < 1.29 is 4.79 Å². The van der Waals surface area contributed by atoms with Crippen molar-refractivity contribution in [3.63, 3.8) is 0 Å². The Kier molecular flexibility index (Phi) is 4.03. The van der Waals surface area contributed by atoms with Crippen molar-refractivity contribution in [2.45, 2.75) is 5.54 Å². The Morgan fingerprint density at radius 1 is 1.29 bits per heavy atom. The average Bonchev–Trinajstić information content (AvgIpc) is 3.07. The largest absolute Gasteiger partial charge is 0.313 e. The highest BCUT2D eigenvalue weighted by Crippen LogP contribution is 2.41. The summed E-state index contributed by atoms with van der Waals surface area (Å²) in [5.41, 5.74) is 1.03. The van der Waals surface area contributed by atoms with Crippen LogP contribution in [0.3, 0.4) is 0 Å². The lowest BCUT2D eigenvalue weighted by Gasteiger charge is -2.34. The van der Waals surface area contributed by atoms with Gasteiger partial charge in [-0.05, 0) is 12.1 Å². The minimum absolute atomic E-state index is 0.138. The van der Waals surface area contributed by atoms with Gasteiger partial charge in [0.2, 0.25) is 0 Å². The van der Waals surface area contributed by atoms with Gasteiger partial charge in [0.25, 0.3) is 5.91 Å². The molecule has 2 unspecified atom stereocenters. The van der Waals surface area contributed by atoms with Crippen LogP contribution in [0.15, 0.2) is 53.9 Å². The first-order valence-electron chi connectivity index (χ1n) is 7.84. The Morgan fingerprint density at radius 3 is 2.96 bits per heavy atom. The van der Waals surface area contributed by atoms with Crippen LogP contribution in [0, 0.1) is 5.92 Å². The SMILES string of the molecule is O=C(NC1=NC2(c3cnccn3)CNCC2CS1)c1ccccc1. The van der Waals surface area contributed by atoms with E-state index in [9.17, 15) is 4.79 Å². The summed E-state index contributed by atoms with van der Waals surface area (Å²) < 4.78 is 0. The van der Waals surface area contributed by atoms with Crippen LogP contribution in [0.2, 0.25) is 0 Å². The number of fused-ring (bicyclic) bond motifs is 1. The molecule has 2 aliphatic heterocycles. The number of carbonyl (C=O) groups is 1. The predicted octanol–water partition coefficient (Wildman–Crippen LogP) is 1.42. The number of hydrogen-bond donors (Lipinski definition) is 2. The van der Waals surface area contributed by atoms with E-state index in [-0.39, 0.29) is 5.91 Å². The number of nitrogens with zero attached hydrogens (tertiary/aromatic N) is 3. The van der Waals surface area contributed by atoms with Crippen molar-refractivity contribution in [2.75, 3.05) is 18.8 Å². The molecule has 2 atom stereocenters. The summed E-state index contributed by atoms with van der Waals surface area (Å²) in [6.45, 7) is 1.61. The van der Waals surface area contributed by atoms with Gasteiger partial charge in [-0.15, -0.1) is 0 Å². The van der Waals surface area contributed by atoms with Gasteiger partial charge >= 0.3 is 0 Å². The van der Waals surface area contributed by atoms with E-state index in [0.717, 1.165) is 18.0 Å². The quantitative estimate of drug-likeness (QED) is 0.865. The van der Waals surface area contributed by atoms with E-state index in [0.29, 0.717) is 23.2 Å². The number of amides is 1. The standard InChI is InChI=1S/C17H17N5OS/c23-15(12-4-2-1-3-5-12)21-16-22-17(14-9-18-6-7-20-14)11-19-8-13(17)10-24-16/h1-7,9,13,19H,8,10-11H2,(H,21,22,23). The zero-order chi connectivity index (χ0) is 16.4. The van der Waals surface area contributed by atoms with Gasteiger partial charge < -0.3 is 10.6 Å². The van der Waals surface area contributed by atoms with Gasteiger partial charge in [-0.3, -0.25) is 14.8 Å². The highest BCUT2D eigenvalue weighted by Gasteiger charge is 2.48. The average molecular weight is 339 g/mol. The maximum atomic E-state index is 12.4. The van der Waals surface area contributed by atoms with Gasteiger partial charge in [-0.25, -0.2) is 4.99 Å². The number of thioether (sulfide) groups is 1. The van der Waals surface area contributed by atoms with E-state index in [1.54, 1.807) is 42.5 Å². The lowest BCUT2D eigenvalue weighted by Crippen LogP contribution is -2.43. The van der Waals surface area contributed by atoms with Crippen LogP contribution < -0.4 is 10.6 Å². The molecule has 0 spiro atoms. The summed E-state index contributed by atoms with van der Waals surface area (Å²) in [4.78, 5) is 26.0. The first kappa shape index (κ1) is 15.3. The molecule has 2 N–H and O–H groups in total. The molecule has 0 saturated carbocycles. The van der Waals surface area contributed by atoms with Crippen LogP contribution >= 0.6 is 11.8 Å². The Hall–Kier alpha value is -2.25. The molecule has 1 aromatic carbocycles. The van der Waals surface area contributed by atoms with Crippen LogP contribution in [0.1, 0.15) is 16.1 Å². The minimum Gasteiger partial charge on any atom is -0.313 e. The van der Waals surface area contributed by atoms with Gasteiger partial charge in [0.15, 0.2) is 5.17 Å². The van der Waals surface area contributed by atoms with E-state index in [2.05, 4.69) is 20.6 Å². The molecule has 6 nitrogen and oxygen atoms in total. The fourth-order valence-electron chi connectivity index (χ4n) is 3.17. The number of nitrogens with one attached hydrogen (secondary N) is 2. The lowest BCUT2D eigenvalue weighted by molar-refractivity contribution is 0.0977. The molecule has 1 saturated heterocycles. The number of amidine groups is 1. The summed E-state index contributed by atoms with van der Waals surface area (Å²) in [5, 5.41) is 7.00. The number of aliphatic imine (C=N–C) groups is 1. The lowest BCUT2D eigenvalue weighted by atomic mass is 9.86. The van der Waals surface area contributed by atoms with Crippen LogP contribution in [-0.2, 0) is 5.54 Å². The van der Waals surface area contributed by atoms with Crippen LogP contribution in [0.25, 0.3) is 0 Å². The van der Waals surface area contributed by atoms with Crippen molar-refractivity contribution in [1.82, 2.24) is 20.6 Å². The highest BCUT2D eigenvalue weighted by molar-refractivity contribution is 8.13. The van der Waals surface area contributed by atoms with Gasteiger partial charge in [-0.2, -0.15) is 0 Å². The summed E-state index contributed by atoms with van der Waals surface area (Å²) >= 11 is 1.59. The number of aromatic nitrogens is 2. The molecule has 0 bridgehead atoms. The van der Waals surface area contributed by atoms with E-state index in [4.69, 9.17) is 4.99 Å². The minimum atomic E-state index is -0.446. The third kappa shape index (κ3) is 2.70. The molecular weight excluding hydrogens is 322 g/mol. The van der Waals surface area contributed by atoms with Crippen molar-refractivity contribution in [2.24, 2.45) is 10.9 Å². The summed E-state index contributed by atoms with van der Waals surface area (Å²) in [6.07, 6.45) is 5.13. The van der Waals surface area contributed by atoms with Crippen LogP contribution in [0.5, 0.6) is 0 Å². The fraction of sp³-hybridized carbons (Fsp3) is 0.294. The van der Waals surface area contributed by atoms with Crippen molar-refractivity contribution >= 4 is 22.8 Å². The molecule has 1 aromatic heterocycles. The molecule has 2 aromatic rings. The predicted molar refractivity (Wildman–Crippen MR) is 93.9 cm³/mol. The molecule has 2 aliphatic rings. The number of hydrogen-bond acceptors (Lipinski definition) is 6. The van der Waals surface area contributed by atoms with E-state index < -0.39 is 5.54 Å². The summed E-state index contributed by atoms with van der Waals surface area (Å²) in [7, 11) is 0. The first-order valence-corrected chi connectivity index (χ1v) is 8.83. The topological polar surface area (TPSA) is 79.3 Å². The third-order valence-corrected chi connectivity index (χ3v) is 5.48. The summed E-state index contributed by atoms with van der Waals surface area (Å²) in [5.74, 6) is 1.09. The van der Waals surface area contributed by atoms with E-state index in [1.165, 1.54) is 0 Å². The smallest absolute Gasteiger partial charge is 0.257 e. The molecule has 0 radical (unpaired) electrons.